The van der Waals surface area contributed by atoms with E-state index in [4.69, 9.17) is 21.1 Å². The Bertz CT molecular complexity index is 840. The zero-order valence-corrected chi connectivity index (χ0v) is 16.9. The number of hydrogen-bond acceptors (Lipinski definition) is 4. The van der Waals surface area contributed by atoms with E-state index in [-0.39, 0.29) is 5.91 Å². The van der Waals surface area contributed by atoms with Crippen LogP contribution in [0.5, 0.6) is 5.75 Å². The number of ether oxygens (including phenoxy) is 2. The molecule has 0 saturated carbocycles. The van der Waals surface area contributed by atoms with Crippen molar-refractivity contribution in [1.82, 2.24) is 0 Å². The first-order valence-corrected chi connectivity index (χ1v) is 9.12. The summed E-state index contributed by atoms with van der Waals surface area (Å²) in [5.41, 5.74) is 3.54. The third-order valence-corrected chi connectivity index (χ3v) is 4.69. The molecule has 0 aliphatic heterocycles. The molecule has 6 heteroatoms. The summed E-state index contributed by atoms with van der Waals surface area (Å²) in [5, 5.41) is 3.50. The minimum atomic E-state index is -0.726. The Morgan fingerprint density at radius 2 is 1.70 bits per heavy atom. The topological polar surface area (TPSA) is 64.6 Å². The zero-order valence-electron chi connectivity index (χ0n) is 16.2. The summed E-state index contributed by atoms with van der Waals surface area (Å²) in [7, 11) is 0. The first-order valence-electron chi connectivity index (χ1n) is 8.75. The van der Waals surface area contributed by atoms with E-state index in [1.54, 1.807) is 44.2 Å². The second kappa shape index (κ2) is 8.91. The van der Waals surface area contributed by atoms with E-state index in [0.717, 1.165) is 16.7 Å². The molecule has 0 aliphatic rings. The molecule has 0 aliphatic carbocycles. The van der Waals surface area contributed by atoms with Crippen molar-refractivity contribution in [2.24, 2.45) is 0 Å². The van der Waals surface area contributed by atoms with E-state index in [1.807, 2.05) is 20.8 Å². The van der Waals surface area contributed by atoms with Gasteiger partial charge in [0.15, 0.2) is 6.10 Å². The molecular formula is C21H24ClNO4. The molecule has 144 valence electrons. The number of aryl methyl sites for hydroxylation is 3. The lowest BCUT2D eigenvalue weighted by Crippen LogP contribution is -2.30. The van der Waals surface area contributed by atoms with Crippen LogP contribution >= 0.6 is 11.6 Å². The second-order valence-corrected chi connectivity index (χ2v) is 6.75. The Balaban J connectivity index is 2.12. The Morgan fingerprint density at radius 3 is 2.30 bits per heavy atom. The fraction of sp³-hybridized carbons (Fsp3) is 0.333. The van der Waals surface area contributed by atoms with Gasteiger partial charge in [0.25, 0.3) is 5.91 Å². The van der Waals surface area contributed by atoms with Gasteiger partial charge >= 0.3 is 5.97 Å². The van der Waals surface area contributed by atoms with Crippen LogP contribution in [0.3, 0.4) is 0 Å². The van der Waals surface area contributed by atoms with Crippen molar-refractivity contribution in [3.8, 4) is 5.75 Å². The highest BCUT2D eigenvalue weighted by Crippen LogP contribution is 2.26. The van der Waals surface area contributed by atoms with Gasteiger partial charge in [0.05, 0.1) is 12.2 Å². The summed E-state index contributed by atoms with van der Waals surface area (Å²) in [6.45, 7) is 9.32. The quantitative estimate of drug-likeness (QED) is 0.717. The SMILES string of the molecule is CCOC(=O)c1ccc(C)c(NC(=O)[C@H](C)Oc2cc(C)c(Cl)c(C)c2)c1. The van der Waals surface area contributed by atoms with Crippen LogP contribution in [0.25, 0.3) is 0 Å². The minimum Gasteiger partial charge on any atom is -0.481 e. The number of carbonyl (C=O) groups excluding carboxylic acids is 2. The fourth-order valence-electron chi connectivity index (χ4n) is 2.56. The van der Waals surface area contributed by atoms with Crippen LogP contribution in [-0.4, -0.2) is 24.6 Å². The number of benzene rings is 2. The molecule has 0 unspecified atom stereocenters. The third kappa shape index (κ3) is 5.23. The van der Waals surface area contributed by atoms with Gasteiger partial charge in [-0.3, -0.25) is 4.79 Å². The largest absolute Gasteiger partial charge is 0.481 e. The number of anilines is 1. The van der Waals surface area contributed by atoms with Crippen molar-refractivity contribution in [1.29, 1.82) is 0 Å². The first kappa shape index (κ1) is 20.8. The van der Waals surface area contributed by atoms with Gasteiger partial charge in [-0.05, 0) is 75.6 Å². The maximum absolute atomic E-state index is 12.5. The molecule has 1 amide bonds. The molecule has 2 aromatic carbocycles. The van der Waals surface area contributed by atoms with Crippen LogP contribution in [0.1, 0.15) is 40.9 Å². The van der Waals surface area contributed by atoms with E-state index >= 15 is 0 Å². The number of esters is 1. The standard InChI is InChI=1S/C21H24ClNO4/c1-6-26-21(25)16-8-7-12(2)18(11-16)23-20(24)15(5)27-17-9-13(3)19(22)14(4)10-17/h7-11,15H,6H2,1-5H3,(H,23,24)/t15-/m0/s1. The fourth-order valence-corrected chi connectivity index (χ4v) is 2.67. The van der Waals surface area contributed by atoms with E-state index in [0.29, 0.717) is 28.6 Å². The zero-order chi connectivity index (χ0) is 20.1. The summed E-state index contributed by atoms with van der Waals surface area (Å²) in [6.07, 6.45) is -0.726. The van der Waals surface area contributed by atoms with Gasteiger partial charge in [-0.15, -0.1) is 0 Å². The smallest absolute Gasteiger partial charge is 0.338 e. The number of amides is 1. The van der Waals surface area contributed by atoms with Gasteiger partial charge in [0.1, 0.15) is 5.75 Å². The molecule has 5 nitrogen and oxygen atoms in total. The van der Waals surface area contributed by atoms with Crippen molar-refractivity contribution in [2.45, 2.75) is 40.7 Å². The molecule has 0 bridgehead atoms. The maximum Gasteiger partial charge on any atom is 0.338 e. The molecule has 0 saturated heterocycles. The van der Waals surface area contributed by atoms with Crippen molar-refractivity contribution >= 4 is 29.2 Å². The number of halogens is 1. The van der Waals surface area contributed by atoms with E-state index in [2.05, 4.69) is 5.32 Å². The Labute approximate surface area is 164 Å². The van der Waals surface area contributed by atoms with Crippen molar-refractivity contribution < 1.29 is 19.1 Å². The molecule has 1 atom stereocenters. The van der Waals surface area contributed by atoms with E-state index < -0.39 is 12.1 Å². The number of carbonyl (C=O) groups is 2. The Hall–Kier alpha value is -2.53. The summed E-state index contributed by atoms with van der Waals surface area (Å²) in [5.74, 6) is -0.164. The lowest BCUT2D eigenvalue weighted by Gasteiger charge is -2.17. The molecular weight excluding hydrogens is 366 g/mol. The normalized spacial score (nSPS) is 11.6. The average Bonchev–Trinajstić information content (AvgIpc) is 2.61. The summed E-state index contributed by atoms with van der Waals surface area (Å²) < 4.78 is 10.8. The molecule has 0 heterocycles. The predicted octanol–water partition coefficient (Wildman–Crippen LogP) is 4.85. The van der Waals surface area contributed by atoms with Gasteiger partial charge in [0, 0.05) is 10.7 Å². The van der Waals surface area contributed by atoms with Gasteiger partial charge in [-0.2, -0.15) is 0 Å². The first-order chi connectivity index (χ1) is 12.7. The number of hydrogen-bond donors (Lipinski definition) is 1. The number of rotatable bonds is 6. The maximum atomic E-state index is 12.5. The van der Waals surface area contributed by atoms with Gasteiger partial charge < -0.3 is 14.8 Å². The monoisotopic (exact) mass is 389 g/mol. The van der Waals surface area contributed by atoms with Crippen LogP contribution < -0.4 is 10.1 Å². The molecule has 0 radical (unpaired) electrons. The van der Waals surface area contributed by atoms with Crippen LogP contribution in [0, 0.1) is 20.8 Å². The molecule has 0 aromatic heterocycles. The molecule has 27 heavy (non-hydrogen) atoms. The Kier molecular flexibility index (Phi) is 6.86. The van der Waals surface area contributed by atoms with Gasteiger partial charge in [-0.1, -0.05) is 17.7 Å². The highest BCUT2D eigenvalue weighted by atomic mass is 35.5. The van der Waals surface area contributed by atoms with Gasteiger partial charge in [-0.25, -0.2) is 4.79 Å². The molecule has 1 N–H and O–H groups in total. The minimum absolute atomic E-state index is 0.291. The van der Waals surface area contributed by atoms with Gasteiger partial charge in [0.2, 0.25) is 0 Å². The molecule has 2 rings (SSSR count). The van der Waals surface area contributed by atoms with Crippen LogP contribution in [0.2, 0.25) is 5.02 Å². The molecule has 0 fully saturated rings. The van der Waals surface area contributed by atoms with Crippen LogP contribution in [-0.2, 0) is 9.53 Å². The van der Waals surface area contributed by atoms with Crippen LogP contribution in [0.15, 0.2) is 30.3 Å². The average molecular weight is 390 g/mol. The highest BCUT2D eigenvalue weighted by Gasteiger charge is 2.18. The summed E-state index contributed by atoms with van der Waals surface area (Å²) in [6, 6.07) is 8.63. The molecule has 0 spiro atoms. The number of nitrogens with one attached hydrogen (secondary N) is 1. The van der Waals surface area contributed by atoms with Crippen molar-refractivity contribution in [3.63, 3.8) is 0 Å². The van der Waals surface area contributed by atoms with Crippen molar-refractivity contribution in [2.75, 3.05) is 11.9 Å². The summed E-state index contributed by atoms with van der Waals surface area (Å²) >= 11 is 6.16. The van der Waals surface area contributed by atoms with Crippen molar-refractivity contribution in [3.05, 3.63) is 57.6 Å². The predicted molar refractivity (Wildman–Crippen MR) is 107 cm³/mol. The van der Waals surface area contributed by atoms with Crippen LogP contribution in [0.4, 0.5) is 5.69 Å². The van der Waals surface area contributed by atoms with E-state index in [9.17, 15) is 9.59 Å². The Morgan fingerprint density at radius 1 is 1.07 bits per heavy atom. The lowest BCUT2D eigenvalue weighted by atomic mass is 10.1. The third-order valence-electron chi connectivity index (χ3n) is 4.10. The highest BCUT2D eigenvalue weighted by molar-refractivity contribution is 6.32. The molecule has 2 aromatic rings. The van der Waals surface area contributed by atoms with E-state index in [1.165, 1.54) is 0 Å². The second-order valence-electron chi connectivity index (χ2n) is 6.37. The lowest BCUT2D eigenvalue weighted by molar-refractivity contribution is -0.122. The summed E-state index contributed by atoms with van der Waals surface area (Å²) in [4.78, 5) is 24.4.